The van der Waals surface area contributed by atoms with Crippen LogP contribution in [-0.2, 0) is 19.1 Å². The van der Waals surface area contributed by atoms with Crippen molar-refractivity contribution in [3.05, 3.63) is 59.4 Å². The monoisotopic (exact) mass is 352 g/mol. The van der Waals surface area contributed by atoms with E-state index in [0.29, 0.717) is 17.0 Å². The number of amides is 1. The van der Waals surface area contributed by atoms with Crippen LogP contribution < -0.4 is 0 Å². The second kappa shape index (κ2) is 7.14. The van der Waals surface area contributed by atoms with Gasteiger partial charge in [0.15, 0.2) is 5.70 Å². The number of methoxy groups -OCH3 is 1. The number of rotatable bonds is 2. The van der Waals surface area contributed by atoms with Gasteiger partial charge in [0.05, 0.1) is 18.5 Å². The van der Waals surface area contributed by atoms with Crippen LogP contribution in [-0.4, -0.2) is 41.6 Å². The Morgan fingerprint density at radius 3 is 2.50 bits per heavy atom. The summed E-state index contributed by atoms with van der Waals surface area (Å²) in [5.74, 6) is -0.621. The van der Waals surface area contributed by atoms with Crippen LogP contribution in [0.15, 0.2) is 69.0 Å². The van der Waals surface area contributed by atoms with Crippen molar-refractivity contribution in [1.29, 1.82) is 0 Å². The first-order valence-electron chi connectivity index (χ1n) is 7.77. The zero-order chi connectivity index (χ0) is 18.7. The molecule has 0 atom stereocenters. The minimum absolute atomic E-state index is 0.0511. The van der Waals surface area contributed by atoms with Gasteiger partial charge in [-0.05, 0) is 31.2 Å². The van der Waals surface area contributed by atoms with Crippen molar-refractivity contribution in [3.63, 3.8) is 0 Å². The third kappa shape index (κ3) is 3.44. The van der Waals surface area contributed by atoms with E-state index in [-0.39, 0.29) is 23.5 Å². The summed E-state index contributed by atoms with van der Waals surface area (Å²) >= 11 is 0. The molecule has 132 valence electrons. The number of nitrogens with zero attached hydrogens (tertiary/aromatic N) is 4. The van der Waals surface area contributed by atoms with Gasteiger partial charge in [0.1, 0.15) is 0 Å². The van der Waals surface area contributed by atoms with Gasteiger partial charge in [0.2, 0.25) is 11.8 Å². The van der Waals surface area contributed by atoms with Crippen molar-refractivity contribution >= 4 is 29.5 Å². The lowest BCUT2D eigenvalue weighted by atomic mass is 10.2. The maximum Gasteiger partial charge on any atom is 0.363 e. The molecule has 2 heterocycles. The van der Waals surface area contributed by atoms with Gasteiger partial charge in [-0.1, -0.05) is 18.2 Å². The van der Waals surface area contributed by atoms with E-state index < -0.39 is 5.97 Å². The first kappa shape index (κ1) is 17.3. The number of cyclic esters (lactones) is 1. The van der Waals surface area contributed by atoms with E-state index in [1.807, 2.05) is 18.2 Å². The second-order valence-electron chi connectivity index (χ2n) is 5.39. The Bertz CT molecular complexity index is 910. The fourth-order valence-electron chi connectivity index (χ4n) is 2.26. The number of ether oxygens (including phenoxy) is 2. The summed E-state index contributed by atoms with van der Waals surface area (Å²) in [6.45, 7) is 3.05. The predicted molar refractivity (Wildman–Crippen MR) is 95.3 cm³/mol. The Balaban J connectivity index is 1.89. The number of hydrogen-bond donors (Lipinski definition) is 0. The van der Waals surface area contributed by atoms with Gasteiger partial charge in [-0.3, -0.25) is 4.79 Å². The number of aliphatic imine (C=N–C) groups is 2. The molecule has 2 aliphatic heterocycles. The minimum atomic E-state index is -0.549. The van der Waals surface area contributed by atoms with Crippen molar-refractivity contribution in [2.45, 2.75) is 13.8 Å². The molecule has 2 aliphatic rings. The number of allylic oxidation sites excluding steroid dienone is 3. The summed E-state index contributed by atoms with van der Waals surface area (Å²) in [5, 5.41) is 5.20. The van der Waals surface area contributed by atoms with Crippen LogP contribution in [0.5, 0.6) is 0 Å². The molecule has 0 N–H and O–H groups in total. The molecule has 0 saturated heterocycles. The highest BCUT2D eigenvalue weighted by atomic mass is 16.6. The van der Waals surface area contributed by atoms with Gasteiger partial charge < -0.3 is 9.47 Å². The van der Waals surface area contributed by atoms with Gasteiger partial charge >= 0.3 is 12.0 Å². The van der Waals surface area contributed by atoms with Crippen LogP contribution in [0.2, 0.25) is 0 Å². The first-order chi connectivity index (χ1) is 12.5. The van der Waals surface area contributed by atoms with E-state index in [4.69, 9.17) is 9.47 Å². The zero-order valence-corrected chi connectivity index (χ0v) is 14.5. The molecule has 0 saturated carbocycles. The van der Waals surface area contributed by atoms with Gasteiger partial charge in [-0.15, -0.1) is 5.01 Å². The van der Waals surface area contributed by atoms with Crippen molar-refractivity contribution in [1.82, 2.24) is 5.01 Å². The largest absolute Gasteiger partial charge is 0.467 e. The van der Waals surface area contributed by atoms with E-state index in [1.54, 1.807) is 25.1 Å². The van der Waals surface area contributed by atoms with E-state index in [1.165, 1.54) is 20.1 Å². The zero-order valence-electron chi connectivity index (χ0n) is 14.5. The van der Waals surface area contributed by atoms with Crippen molar-refractivity contribution in [2.24, 2.45) is 15.1 Å². The molecule has 0 radical (unpaired) electrons. The normalized spacial score (nSPS) is 19.9. The smallest absolute Gasteiger partial charge is 0.363 e. The fraction of sp³-hybridized carbons (Fsp3) is 0.167. The maximum atomic E-state index is 12.0. The minimum Gasteiger partial charge on any atom is -0.467 e. The molecule has 1 amide bonds. The number of hydrogen-bond acceptors (Lipinski definition) is 7. The molecule has 0 fully saturated rings. The van der Waals surface area contributed by atoms with Crippen LogP contribution in [0.4, 0.5) is 0 Å². The molecule has 1 aromatic rings. The Morgan fingerprint density at radius 2 is 1.85 bits per heavy atom. The standard InChI is InChI=1S/C18H16N4O4/c1-11-14(20-18(25-3)22(21-11)12(2)23)9-10-15-17(24)26-16(19-15)13-7-5-4-6-8-13/h4-10H,1-3H3/b14-9-,15-10-. The molecule has 3 rings (SSSR count). The molecular formula is C18H16N4O4. The average Bonchev–Trinajstić information content (AvgIpc) is 3.02. The van der Waals surface area contributed by atoms with Crippen LogP contribution in [0.25, 0.3) is 0 Å². The van der Waals surface area contributed by atoms with Gasteiger partial charge in [-0.25, -0.2) is 9.79 Å². The first-order valence-corrected chi connectivity index (χ1v) is 7.77. The van der Waals surface area contributed by atoms with Gasteiger partial charge in [-0.2, -0.15) is 10.1 Å². The van der Waals surface area contributed by atoms with E-state index in [9.17, 15) is 9.59 Å². The number of esters is 1. The summed E-state index contributed by atoms with van der Waals surface area (Å²) in [4.78, 5) is 32.0. The second-order valence-corrected chi connectivity index (χ2v) is 5.39. The molecule has 0 aromatic heterocycles. The van der Waals surface area contributed by atoms with Gasteiger partial charge in [0.25, 0.3) is 0 Å². The van der Waals surface area contributed by atoms with Crippen molar-refractivity contribution in [2.75, 3.05) is 7.11 Å². The highest BCUT2D eigenvalue weighted by molar-refractivity contribution is 6.11. The molecule has 0 bridgehead atoms. The lowest BCUT2D eigenvalue weighted by molar-refractivity contribution is -0.130. The van der Waals surface area contributed by atoms with Crippen molar-refractivity contribution < 1.29 is 19.1 Å². The van der Waals surface area contributed by atoms with Gasteiger partial charge in [0, 0.05) is 12.5 Å². The van der Waals surface area contributed by atoms with Crippen LogP contribution in [0, 0.1) is 0 Å². The molecule has 0 spiro atoms. The number of benzene rings is 1. The molecule has 0 aliphatic carbocycles. The fourth-order valence-corrected chi connectivity index (χ4v) is 2.26. The molecular weight excluding hydrogens is 336 g/mol. The Kier molecular flexibility index (Phi) is 4.74. The molecule has 0 unspecified atom stereocenters. The predicted octanol–water partition coefficient (Wildman–Crippen LogP) is 2.00. The summed E-state index contributed by atoms with van der Waals surface area (Å²) < 4.78 is 10.3. The summed E-state index contributed by atoms with van der Waals surface area (Å²) in [7, 11) is 1.39. The SMILES string of the molecule is COC1=N/C(=C\C=C2/N=C(c3ccccc3)OC2=O)C(C)=NN1C(C)=O. The molecule has 8 nitrogen and oxygen atoms in total. The van der Waals surface area contributed by atoms with E-state index in [0.717, 1.165) is 5.01 Å². The molecule has 26 heavy (non-hydrogen) atoms. The van der Waals surface area contributed by atoms with Crippen LogP contribution in [0.1, 0.15) is 19.4 Å². The van der Waals surface area contributed by atoms with E-state index in [2.05, 4.69) is 15.1 Å². The lowest BCUT2D eigenvalue weighted by Crippen LogP contribution is -2.35. The molecule has 1 aromatic carbocycles. The topological polar surface area (TPSA) is 92.9 Å². The Morgan fingerprint density at radius 1 is 1.15 bits per heavy atom. The Labute approximate surface area is 149 Å². The third-order valence-electron chi connectivity index (χ3n) is 3.54. The molecule has 8 heteroatoms. The summed E-state index contributed by atoms with van der Waals surface area (Å²) in [5.41, 5.74) is 1.80. The van der Waals surface area contributed by atoms with E-state index >= 15 is 0 Å². The summed E-state index contributed by atoms with van der Waals surface area (Å²) in [6.07, 6.45) is 3.07. The Hall–Kier alpha value is -3.55. The lowest BCUT2D eigenvalue weighted by Gasteiger charge is -2.21. The van der Waals surface area contributed by atoms with Crippen LogP contribution >= 0.6 is 0 Å². The quantitative estimate of drug-likeness (QED) is 0.601. The number of carbonyl (C=O) groups is 2. The number of carbonyl (C=O) groups excluding carboxylic acids is 2. The third-order valence-corrected chi connectivity index (χ3v) is 3.54. The van der Waals surface area contributed by atoms with Crippen molar-refractivity contribution in [3.8, 4) is 0 Å². The average molecular weight is 352 g/mol. The highest BCUT2D eigenvalue weighted by Crippen LogP contribution is 2.18. The number of amidine groups is 1. The van der Waals surface area contributed by atoms with Crippen LogP contribution in [0.3, 0.4) is 0 Å². The summed E-state index contributed by atoms with van der Waals surface area (Å²) in [6, 6.07) is 9.18. The number of hydrazone groups is 1. The maximum absolute atomic E-state index is 12.0. The highest BCUT2D eigenvalue weighted by Gasteiger charge is 2.25.